The third kappa shape index (κ3) is 8.07. The van der Waals surface area contributed by atoms with Gasteiger partial charge in [-0.2, -0.15) is 0 Å². The summed E-state index contributed by atoms with van der Waals surface area (Å²) in [5.41, 5.74) is 4.18. The maximum Gasteiger partial charge on any atom is 0.338 e. The highest BCUT2D eigenvalue weighted by molar-refractivity contribution is 8.00. The predicted molar refractivity (Wildman–Crippen MR) is 161 cm³/mol. The van der Waals surface area contributed by atoms with Gasteiger partial charge in [0.2, 0.25) is 5.91 Å². The van der Waals surface area contributed by atoms with Crippen LogP contribution in [-0.4, -0.2) is 24.4 Å². The van der Waals surface area contributed by atoms with Crippen molar-refractivity contribution in [2.24, 2.45) is 0 Å². The Labute approximate surface area is 239 Å². The molecule has 7 heteroatoms. The van der Waals surface area contributed by atoms with Gasteiger partial charge in [0.1, 0.15) is 5.25 Å². The monoisotopic (exact) mass is 552 g/mol. The molecule has 0 spiro atoms. The molecule has 2 N–H and O–H groups in total. The highest BCUT2D eigenvalue weighted by Crippen LogP contribution is 2.36. The van der Waals surface area contributed by atoms with E-state index in [0.29, 0.717) is 29.1 Å². The first-order valence-electron chi connectivity index (χ1n) is 13.2. The number of rotatable bonds is 11. The number of thioether (sulfide) groups is 1. The van der Waals surface area contributed by atoms with Gasteiger partial charge in [-0.3, -0.25) is 9.59 Å². The molecule has 2 amide bonds. The van der Waals surface area contributed by atoms with Gasteiger partial charge in [-0.05, 0) is 79.6 Å². The lowest BCUT2D eigenvalue weighted by atomic mass is 10.1. The fourth-order valence-electron chi connectivity index (χ4n) is 3.93. The predicted octanol–water partition coefficient (Wildman–Crippen LogP) is 7.68. The lowest BCUT2D eigenvalue weighted by molar-refractivity contribution is -0.115. The standard InChI is InChI=1S/C33H32N2O4S/c1-3-4-21-39-33(38)25-13-15-27(16-14-25)35-32(37)30(24-10-6-5-7-11-24)40-29-19-17-28(18-20-29)34-31(36)26-12-8-9-23(2)22-26/h5-20,22,30H,3-4,21H2,1-2H3,(H,34,36)(H,35,37). The number of aryl methyl sites for hydroxylation is 1. The fraction of sp³-hybridized carbons (Fsp3) is 0.182. The van der Waals surface area contributed by atoms with Crippen LogP contribution in [0.5, 0.6) is 0 Å². The summed E-state index contributed by atoms with van der Waals surface area (Å²) < 4.78 is 5.26. The van der Waals surface area contributed by atoms with Crippen molar-refractivity contribution in [3.63, 3.8) is 0 Å². The molecule has 4 aromatic rings. The van der Waals surface area contributed by atoms with Gasteiger partial charge >= 0.3 is 5.97 Å². The van der Waals surface area contributed by atoms with Gasteiger partial charge in [-0.25, -0.2) is 4.79 Å². The molecule has 1 atom stereocenters. The van der Waals surface area contributed by atoms with Crippen molar-refractivity contribution in [2.45, 2.75) is 36.8 Å². The van der Waals surface area contributed by atoms with Gasteiger partial charge in [0.25, 0.3) is 5.91 Å². The quantitative estimate of drug-likeness (QED) is 0.113. The van der Waals surface area contributed by atoms with Crippen LogP contribution in [0.1, 0.15) is 56.9 Å². The molecular formula is C33H32N2O4S. The Morgan fingerprint density at radius 3 is 2.12 bits per heavy atom. The second-order valence-electron chi connectivity index (χ2n) is 9.31. The van der Waals surface area contributed by atoms with Gasteiger partial charge in [-0.1, -0.05) is 61.4 Å². The first-order valence-corrected chi connectivity index (χ1v) is 14.1. The molecule has 0 saturated heterocycles. The summed E-state index contributed by atoms with van der Waals surface area (Å²) >= 11 is 1.42. The number of ether oxygens (including phenoxy) is 1. The number of carbonyl (C=O) groups excluding carboxylic acids is 3. The average Bonchev–Trinajstić information content (AvgIpc) is 2.97. The highest BCUT2D eigenvalue weighted by atomic mass is 32.2. The zero-order chi connectivity index (χ0) is 28.3. The minimum atomic E-state index is -0.521. The number of anilines is 2. The van der Waals surface area contributed by atoms with Gasteiger partial charge in [0, 0.05) is 21.8 Å². The van der Waals surface area contributed by atoms with E-state index in [1.807, 2.05) is 86.6 Å². The Bertz CT molecular complexity index is 1440. The number of carbonyl (C=O) groups is 3. The normalized spacial score (nSPS) is 11.3. The number of nitrogens with one attached hydrogen (secondary N) is 2. The summed E-state index contributed by atoms with van der Waals surface area (Å²) in [6.07, 6.45) is 1.77. The SMILES string of the molecule is CCCCOC(=O)c1ccc(NC(=O)C(Sc2ccc(NC(=O)c3cccc(C)c3)cc2)c2ccccc2)cc1. The van der Waals surface area contributed by atoms with Crippen LogP contribution >= 0.6 is 11.8 Å². The molecule has 6 nitrogen and oxygen atoms in total. The maximum atomic E-state index is 13.4. The summed E-state index contributed by atoms with van der Waals surface area (Å²) in [5, 5.41) is 5.37. The van der Waals surface area contributed by atoms with Crippen LogP contribution in [0.3, 0.4) is 0 Å². The summed E-state index contributed by atoms with van der Waals surface area (Å²) in [6, 6.07) is 31.1. The highest BCUT2D eigenvalue weighted by Gasteiger charge is 2.22. The van der Waals surface area contributed by atoms with Gasteiger partial charge in [0.05, 0.1) is 12.2 Å². The zero-order valence-corrected chi connectivity index (χ0v) is 23.4. The molecule has 0 saturated carbocycles. The minimum absolute atomic E-state index is 0.175. The van der Waals surface area contributed by atoms with Crippen molar-refractivity contribution in [3.05, 3.63) is 125 Å². The Morgan fingerprint density at radius 2 is 1.45 bits per heavy atom. The molecule has 1 unspecified atom stereocenters. The molecule has 0 aliphatic carbocycles. The lowest BCUT2D eigenvalue weighted by Gasteiger charge is -2.17. The Kier molecular flexibility index (Phi) is 10.1. The molecule has 0 aliphatic rings. The van der Waals surface area contributed by atoms with Crippen LogP contribution in [0.4, 0.5) is 11.4 Å². The van der Waals surface area contributed by atoms with Crippen molar-refractivity contribution < 1.29 is 19.1 Å². The topological polar surface area (TPSA) is 84.5 Å². The third-order valence-electron chi connectivity index (χ3n) is 6.11. The van der Waals surface area contributed by atoms with Crippen LogP contribution in [0.2, 0.25) is 0 Å². The van der Waals surface area contributed by atoms with Crippen LogP contribution in [0.25, 0.3) is 0 Å². The van der Waals surface area contributed by atoms with Gasteiger partial charge in [0.15, 0.2) is 0 Å². The average molecular weight is 553 g/mol. The van der Waals surface area contributed by atoms with E-state index < -0.39 is 5.25 Å². The lowest BCUT2D eigenvalue weighted by Crippen LogP contribution is -2.19. The maximum absolute atomic E-state index is 13.4. The summed E-state index contributed by atoms with van der Waals surface area (Å²) in [6.45, 7) is 4.38. The first kappa shape index (κ1) is 28.6. The van der Waals surface area contributed by atoms with Crippen molar-refractivity contribution in [1.29, 1.82) is 0 Å². The van der Waals surface area contributed by atoms with Crippen LogP contribution < -0.4 is 10.6 Å². The molecule has 0 fully saturated rings. The number of esters is 1. The third-order valence-corrected chi connectivity index (χ3v) is 7.37. The van der Waals surface area contributed by atoms with E-state index in [-0.39, 0.29) is 17.8 Å². The van der Waals surface area contributed by atoms with E-state index >= 15 is 0 Å². The minimum Gasteiger partial charge on any atom is -0.462 e. The molecular weight excluding hydrogens is 520 g/mol. The largest absolute Gasteiger partial charge is 0.462 e. The van der Waals surface area contributed by atoms with E-state index in [1.165, 1.54) is 11.8 Å². The van der Waals surface area contributed by atoms with E-state index in [4.69, 9.17) is 4.74 Å². The van der Waals surface area contributed by atoms with E-state index in [0.717, 1.165) is 28.9 Å². The van der Waals surface area contributed by atoms with E-state index in [9.17, 15) is 14.4 Å². The number of hydrogen-bond acceptors (Lipinski definition) is 5. The molecule has 40 heavy (non-hydrogen) atoms. The van der Waals surface area contributed by atoms with E-state index in [1.54, 1.807) is 30.3 Å². The number of amides is 2. The van der Waals surface area contributed by atoms with Crippen molar-refractivity contribution in [3.8, 4) is 0 Å². The van der Waals surface area contributed by atoms with Crippen molar-refractivity contribution >= 4 is 40.9 Å². The summed E-state index contributed by atoms with van der Waals surface area (Å²) in [5.74, 6) is -0.736. The molecule has 0 aromatic heterocycles. The van der Waals surface area contributed by atoms with Crippen molar-refractivity contribution in [1.82, 2.24) is 0 Å². The molecule has 204 valence electrons. The number of unbranched alkanes of at least 4 members (excludes halogenated alkanes) is 1. The number of hydrogen-bond donors (Lipinski definition) is 2. The Morgan fingerprint density at radius 1 is 0.775 bits per heavy atom. The molecule has 4 aromatic carbocycles. The van der Waals surface area contributed by atoms with E-state index in [2.05, 4.69) is 10.6 Å². The van der Waals surface area contributed by atoms with Gasteiger partial charge in [-0.15, -0.1) is 11.8 Å². The van der Waals surface area contributed by atoms with Crippen LogP contribution in [-0.2, 0) is 9.53 Å². The van der Waals surface area contributed by atoms with Crippen LogP contribution in [0.15, 0.2) is 108 Å². The second-order valence-corrected chi connectivity index (χ2v) is 10.5. The zero-order valence-electron chi connectivity index (χ0n) is 22.6. The molecule has 4 rings (SSSR count). The molecule has 0 radical (unpaired) electrons. The summed E-state index contributed by atoms with van der Waals surface area (Å²) in [4.78, 5) is 39.1. The van der Waals surface area contributed by atoms with Gasteiger partial charge < -0.3 is 15.4 Å². The second kappa shape index (κ2) is 14.1. The first-order chi connectivity index (χ1) is 19.4. The number of benzene rings is 4. The molecule has 0 heterocycles. The smallest absolute Gasteiger partial charge is 0.338 e. The summed E-state index contributed by atoms with van der Waals surface area (Å²) in [7, 11) is 0. The molecule has 0 bridgehead atoms. The van der Waals surface area contributed by atoms with Crippen molar-refractivity contribution in [2.75, 3.05) is 17.2 Å². The Hall–Kier alpha value is -4.36. The van der Waals surface area contributed by atoms with Crippen LogP contribution in [0, 0.1) is 6.92 Å². The fourth-order valence-corrected chi connectivity index (χ4v) is 4.96. The Balaban J connectivity index is 1.43. The molecule has 0 aliphatic heterocycles.